The highest BCUT2D eigenvalue weighted by Crippen LogP contribution is 2.26. The van der Waals surface area contributed by atoms with E-state index in [-0.39, 0.29) is 6.10 Å². The van der Waals surface area contributed by atoms with Crippen molar-refractivity contribution < 1.29 is 17.9 Å². The summed E-state index contributed by atoms with van der Waals surface area (Å²) in [6.45, 7) is 6.41. The maximum absolute atomic E-state index is 11.4. The van der Waals surface area contributed by atoms with Crippen molar-refractivity contribution in [3.8, 4) is 11.5 Å². The molecule has 1 aromatic rings. The number of guanidine groups is 1. The molecule has 0 saturated heterocycles. The van der Waals surface area contributed by atoms with E-state index in [0.717, 1.165) is 6.26 Å². The zero-order valence-electron chi connectivity index (χ0n) is 16.3. The first-order valence-electron chi connectivity index (χ1n) is 8.29. The topological polar surface area (TPSA) is 101 Å². The van der Waals surface area contributed by atoms with Gasteiger partial charge in [0.05, 0.1) is 19.9 Å². The normalized spacial score (nSPS) is 13.8. The van der Waals surface area contributed by atoms with Crippen molar-refractivity contribution in [2.24, 2.45) is 4.99 Å². The van der Waals surface area contributed by atoms with Crippen molar-refractivity contribution in [3.63, 3.8) is 0 Å². The number of ether oxygens (including phenoxy) is 2. The van der Waals surface area contributed by atoms with Gasteiger partial charge < -0.3 is 20.1 Å². The molecule has 1 aromatic carbocycles. The lowest BCUT2D eigenvalue weighted by Gasteiger charge is -2.26. The van der Waals surface area contributed by atoms with Crippen LogP contribution in [0.15, 0.2) is 29.3 Å². The van der Waals surface area contributed by atoms with Gasteiger partial charge in [-0.25, -0.2) is 13.1 Å². The van der Waals surface area contributed by atoms with Crippen molar-refractivity contribution in [1.29, 1.82) is 0 Å². The molecular weight excluding hydrogens is 356 g/mol. The maximum Gasteiger partial charge on any atom is 0.209 e. The number of aliphatic imine (C=N–C) groups is 1. The van der Waals surface area contributed by atoms with Crippen LogP contribution in [0.3, 0.4) is 0 Å². The molecule has 1 unspecified atom stereocenters. The van der Waals surface area contributed by atoms with E-state index in [9.17, 15) is 8.42 Å². The molecule has 1 atom stereocenters. The maximum atomic E-state index is 11.4. The zero-order valence-corrected chi connectivity index (χ0v) is 17.1. The van der Waals surface area contributed by atoms with E-state index in [0.29, 0.717) is 30.5 Å². The molecule has 148 valence electrons. The molecule has 9 heteroatoms. The molecule has 0 aliphatic carbocycles. The standard InChI is InChI=1S/C17H30N4O4S/c1-13(25-15-10-8-7-9-14(15)24-5)11-19-16(18-4)20-12-17(2,3)21-26(6,22)23/h7-10,13,21H,11-12H2,1-6H3,(H2,18,19,20). The molecule has 3 N–H and O–H groups in total. The van der Waals surface area contributed by atoms with Gasteiger partial charge in [-0.3, -0.25) is 4.99 Å². The number of nitrogens with zero attached hydrogens (tertiary/aromatic N) is 1. The number of methoxy groups -OCH3 is 1. The first-order chi connectivity index (χ1) is 12.1. The van der Waals surface area contributed by atoms with Gasteiger partial charge in [0.15, 0.2) is 17.5 Å². The predicted molar refractivity (Wildman–Crippen MR) is 105 cm³/mol. The highest BCUT2D eigenvalue weighted by Gasteiger charge is 2.22. The molecular formula is C17H30N4O4S. The molecule has 0 spiro atoms. The molecule has 0 bridgehead atoms. The van der Waals surface area contributed by atoms with E-state index in [1.54, 1.807) is 28.0 Å². The number of nitrogens with one attached hydrogen (secondary N) is 3. The third kappa shape index (κ3) is 8.39. The summed E-state index contributed by atoms with van der Waals surface area (Å²) in [5.41, 5.74) is -0.648. The third-order valence-corrected chi connectivity index (χ3v) is 4.26. The van der Waals surface area contributed by atoms with Crippen molar-refractivity contribution in [2.75, 3.05) is 33.5 Å². The minimum Gasteiger partial charge on any atom is -0.493 e. The summed E-state index contributed by atoms with van der Waals surface area (Å²) >= 11 is 0. The quantitative estimate of drug-likeness (QED) is 0.432. The molecule has 8 nitrogen and oxygen atoms in total. The Hall–Kier alpha value is -2.00. The molecule has 26 heavy (non-hydrogen) atoms. The molecule has 0 amide bonds. The summed E-state index contributed by atoms with van der Waals surface area (Å²) in [6.07, 6.45) is 1.01. The smallest absolute Gasteiger partial charge is 0.209 e. The minimum absolute atomic E-state index is 0.132. The Morgan fingerprint density at radius 1 is 1.23 bits per heavy atom. The first-order valence-corrected chi connectivity index (χ1v) is 10.2. The van der Waals surface area contributed by atoms with Crippen molar-refractivity contribution in [3.05, 3.63) is 24.3 Å². The van der Waals surface area contributed by atoms with E-state index in [4.69, 9.17) is 9.47 Å². The van der Waals surface area contributed by atoms with Crippen LogP contribution in [-0.2, 0) is 10.0 Å². The number of rotatable bonds is 9. The van der Waals surface area contributed by atoms with Gasteiger partial charge in [-0.15, -0.1) is 0 Å². The Morgan fingerprint density at radius 3 is 2.38 bits per heavy atom. The van der Waals surface area contributed by atoms with Crippen LogP contribution in [0, 0.1) is 0 Å². The number of para-hydroxylation sites is 2. The summed E-state index contributed by atoms with van der Waals surface area (Å²) in [5, 5.41) is 6.26. The van der Waals surface area contributed by atoms with E-state index in [1.807, 2.05) is 31.2 Å². The SMILES string of the molecule is CN=C(NCC(C)Oc1ccccc1OC)NCC(C)(C)NS(C)(=O)=O. The van der Waals surface area contributed by atoms with E-state index < -0.39 is 15.6 Å². The summed E-state index contributed by atoms with van der Waals surface area (Å²) in [7, 11) is -0.0343. The van der Waals surface area contributed by atoms with E-state index in [2.05, 4.69) is 20.3 Å². The van der Waals surface area contributed by atoms with E-state index >= 15 is 0 Å². The number of benzene rings is 1. The summed E-state index contributed by atoms with van der Waals surface area (Å²) in [4.78, 5) is 4.14. The Labute approximate surface area is 156 Å². The lowest BCUT2D eigenvalue weighted by atomic mass is 10.1. The summed E-state index contributed by atoms with van der Waals surface area (Å²) in [6, 6.07) is 7.45. The minimum atomic E-state index is -3.29. The summed E-state index contributed by atoms with van der Waals surface area (Å²) in [5.74, 6) is 1.91. The van der Waals surface area contributed by atoms with Gasteiger partial charge in [0.25, 0.3) is 0 Å². The van der Waals surface area contributed by atoms with Crippen molar-refractivity contribution in [2.45, 2.75) is 32.4 Å². The molecule has 0 radical (unpaired) electrons. The number of sulfonamides is 1. The molecule has 0 fully saturated rings. The lowest BCUT2D eigenvalue weighted by molar-refractivity contribution is 0.213. The van der Waals surface area contributed by atoms with Gasteiger partial charge in [0, 0.05) is 19.1 Å². The zero-order chi connectivity index (χ0) is 19.8. The Balaban J connectivity index is 2.51. The van der Waals surface area contributed by atoms with Gasteiger partial charge in [-0.05, 0) is 32.9 Å². The fourth-order valence-electron chi connectivity index (χ4n) is 2.28. The summed E-state index contributed by atoms with van der Waals surface area (Å²) < 4.78 is 36.5. The van der Waals surface area contributed by atoms with Crippen LogP contribution in [0.1, 0.15) is 20.8 Å². The highest BCUT2D eigenvalue weighted by atomic mass is 32.2. The van der Waals surface area contributed by atoms with Crippen molar-refractivity contribution in [1.82, 2.24) is 15.4 Å². The second-order valence-corrected chi connectivity index (χ2v) is 8.39. The molecule has 1 rings (SSSR count). The second kappa shape index (κ2) is 9.63. The third-order valence-electron chi connectivity index (χ3n) is 3.34. The van der Waals surface area contributed by atoms with Gasteiger partial charge in [-0.1, -0.05) is 12.1 Å². The van der Waals surface area contributed by atoms with Crippen LogP contribution in [0.25, 0.3) is 0 Å². The van der Waals surface area contributed by atoms with Crippen LogP contribution >= 0.6 is 0 Å². The second-order valence-electron chi connectivity index (χ2n) is 6.64. The molecule has 0 aromatic heterocycles. The van der Waals surface area contributed by atoms with Gasteiger partial charge in [0.2, 0.25) is 10.0 Å². The average molecular weight is 387 g/mol. The fraction of sp³-hybridized carbons (Fsp3) is 0.588. The van der Waals surface area contributed by atoms with Crippen LogP contribution in [-0.4, -0.2) is 59.5 Å². The first kappa shape index (κ1) is 22.0. The van der Waals surface area contributed by atoms with Gasteiger partial charge >= 0.3 is 0 Å². The monoisotopic (exact) mass is 386 g/mol. The van der Waals surface area contributed by atoms with Crippen LogP contribution in [0.2, 0.25) is 0 Å². The lowest BCUT2D eigenvalue weighted by Crippen LogP contribution is -2.53. The average Bonchev–Trinajstić information content (AvgIpc) is 2.53. The van der Waals surface area contributed by atoms with Crippen molar-refractivity contribution >= 4 is 16.0 Å². The fourth-order valence-corrected chi connectivity index (χ4v) is 3.35. The predicted octanol–water partition coefficient (Wildman–Crippen LogP) is 0.955. The van der Waals surface area contributed by atoms with Gasteiger partial charge in [-0.2, -0.15) is 0 Å². The highest BCUT2D eigenvalue weighted by molar-refractivity contribution is 7.88. The largest absolute Gasteiger partial charge is 0.493 e. The molecule has 0 aliphatic heterocycles. The Morgan fingerprint density at radius 2 is 1.85 bits per heavy atom. The van der Waals surface area contributed by atoms with Crippen LogP contribution in [0.5, 0.6) is 11.5 Å². The van der Waals surface area contributed by atoms with Gasteiger partial charge in [0.1, 0.15) is 6.10 Å². The Kier molecular flexibility index (Phi) is 8.16. The molecule has 0 saturated carbocycles. The molecule has 0 heterocycles. The van der Waals surface area contributed by atoms with Crippen LogP contribution < -0.4 is 24.8 Å². The van der Waals surface area contributed by atoms with Crippen LogP contribution in [0.4, 0.5) is 0 Å². The number of hydrogen-bond acceptors (Lipinski definition) is 5. The number of hydrogen-bond donors (Lipinski definition) is 3. The van der Waals surface area contributed by atoms with E-state index in [1.165, 1.54) is 0 Å². The Bertz CT molecular complexity index is 704. The molecule has 0 aliphatic rings.